The van der Waals surface area contributed by atoms with E-state index in [2.05, 4.69) is 5.32 Å². The molecule has 0 aliphatic rings. The van der Waals surface area contributed by atoms with Crippen LogP contribution in [0.25, 0.3) is 0 Å². The van der Waals surface area contributed by atoms with Crippen molar-refractivity contribution in [3.05, 3.63) is 22.4 Å². The summed E-state index contributed by atoms with van der Waals surface area (Å²) in [6.45, 7) is 3.42. The van der Waals surface area contributed by atoms with Gasteiger partial charge in [0, 0.05) is 4.88 Å². The first-order chi connectivity index (χ1) is 6.33. The fourth-order valence-electron chi connectivity index (χ4n) is 0.824. The van der Waals surface area contributed by atoms with Crippen molar-refractivity contribution in [2.24, 2.45) is 0 Å². The molecule has 1 aromatic heterocycles. The lowest BCUT2D eigenvalue weighted by atomic mass is 10.5. The number of carbonyl (C=O) groups excluding carboxylic acids is 1. The lowest BCUT2D eigenvalue weighted by Gasteiger charge is -2.02. The van der Waals surface area contributed by atoms with Crippen molar-refractivity contribution >= 4 is 17.3 Å². The van der Waals surface area contributed by atoms with Crippen LogP contribution in [0.2, 0.25) is 0 Å². The van der Waals surface area contributed by atoms with Crippen molar-refractivity contribution in [3.8, 4) is 0 Å². The molecule has 4 heteroatoms. The average Bonchev–Trinajstić information content (AvgIpc) is 2.64. The van der Waals surface area contributed by atoms with E-state index >= 15 is 0 Å². The third-order valence-corrected chi connectivity index (χ3v) is 2.32. The lowest BCUT2D eigenvalue weighted by Crippen LogP contribution is -2.24. The number of rotatable bonds is 5. The Hall–Kier alpha value is -0.870. The van der Waals surface area contributed by atoms with Gasteiger partial charge in [0.2, 0.25) is 0 Å². The summed E-state index contributed by atoms with van der Waals surface area (Å²) in [6, 6.07) is 3.89. The quantitative estimate of drug-likeness (QED) is 0.728. The molecule has 1 aromatic rings. The molecule has 1 rings (SSSR count). The second-order valence-electron chi connectivity index (χ2n) is 2.52. The van der Waals surface area contributed by atoms with Crippen LogP contribution in [0.15, 0.2) is 17.5 Å². The van der Waals surface area contributed by atoms with E-state index in [0.29, 0.717) is 13.2 Å². The largest absolute Gasteiger partial charge is 0.459 e. The van der Waals surface area contributed by atoms with E-state index in [-0.39, 0.29) is 5.97 Å². The van der Waals surface area contributed by atoms with Gasteiger partial charge in [0.1, 0.15) is 6.61 Å². The van der Waals surface area contributed by atoms with Gasteiger partial charge in [0.05, 0.1) is 6.54 Å². The zero-order chi connectivity index (χ0) is 9.52. The molecule has 0 amide bonds. The molecule has 0 fully saturated rings. The summed E-state index contributed by atoms with van der Waals surface area (Å²) in [5.41, 5.74) is 0. The van der Waals surface area contributed by atoms with E-state index in [9.17, 15) is 4.79 Å². The van der Waals surface area contributed by atoms with E-state index in [4.69, 9.17) is 4.74 Å². The van der Waals surface area contributed by atoms with Crippen LogP contribution in [0.3, 0.4) is 0 Å². The molecule has 0 aliphatic heterocycles. The third-order valence-electron chi connectivity index (χ3n) is 1.47. The molecular formula is C9H13NO2S. The Morgan fingerprint density at radius 3 is 3.15 bits per heavy atom. The summed E-state index contributed by atoms with van der Waals surface area (Å²) >= 11 is 1.59. The first kappa shape index (κ1) is 10.2. The van der Waals surface area contributed by atoms with Crippen molar-refractivity contribution < 1.29 is 9.53 Å². The van der Waals surface area contributed by atoms with Gasteiger partial charge in [-0.05, 0) is 18.0 Å². The van der Waals surface area contributed by atoms with Gasteiger partial charge in [-0.2, -0.15) is 0 Å². The van der Waals surface area contributed by atoms with E-state index < -0.39 is 0 Å². The highest BCUT2D eigenvalue weighted by Gasteiger charge is 2.01. The summed E-state index contributed by atoms with van der Waals surface area (Å²) in [6.07, 6.45) is 0. The molecule has 0 spiro atoms. The van der Waals surface area contributed by atoms with E-state index in [1.165, 1.54) is 0 Å². The van der Waals surface area contributed by atoms with Crippen molar-refractivity contribution in [3.63, 3.8) is 0 Å². The number of hydrogen-bond donors (Lipinski definition) is 1. The number of nitrogens with one attached hydrogen (secondary N) is 1. The van der Waals surface area contributed by atoms with E-state index in [1.807, 2.05) is 24.4 Å². The van der Waals surface area contributed by atoms with Gasteiger partial charge in [-0.3, -0.25) is 4.79 Å². The zero-order valence-corrected chi connectivity index (χ0v) is 8.39. The van der Waals surface area contributed by atoms with Gasteiger partial charge in [-0.15, -0.1) is 11.3 Å². The Balaban J connectivity index is 2.15. The molecule has 0 saturated carbocycles. The maximum Gasteiger partial charge on any atom is 0.320 e. The van der Waals surface area contributed by atoms with Crippen LogP contribution in [-0.4, -0.2) is 19.1 Å². The highest BCUT2D eigenvalue weighted by Crippen LogP contribution is 2.09. The molecule has 0 atom stereocenters. The Labute approximate surface area is 81.7 Å². The Kier molecular flexibility index (Phi) is 4.49. The second kappa shape index (κ2) is 5.72. The predicted octanol–water partition coefficient (Wildman–Crippen LogP) is 1.40. The van der Waals surface area contributed by atoms with Gasteiger partial charge in [-0.1, -0.05) is 13.0 Å². The van der Waals surface area contributed by atoms with Crippen molar-refractivity contribution in [2.75, 3.05) is 13.1 Å². The predicted molar refractivity (Wildman–Crippen MR) is 52.7 cm³/mol. The highest BCUT2D eigenvalue weighted by atomic mass is 32.1. The third kappa shape index (κ3) is 4.05. The first-order valence-corrected chi connectivity index (χ1v) is 5.09. The van der Waals surface area contributed by atoms with Crippen LogP contribution in [0.1, 0.15) is 11.8 Å². The van der Waals surface area contributed by atoms with Gasteiger partial charge in [0.25, 0.3) is 0 Å². The van der Waals surface area contributed by atoms with Gasteiger partial charge >= 0.3 is 5.97 Å². The minimum Gasteiger partial charge on any atom is -0.459 e. The standard InChI is InChI=1S/C9H13NO2S/c1-2-10-6-9(11)12-7-8-4-3-5-13-8/h3-5,10H,2,6-7H2,1H3. The average molecular weight is 199 g/mol. The van der Waals surface area contributed by atoms with Crippen molar-refractivity contribution in [1.29, 1.82) is 0 Å². The number of thiophene rings is 1. The number of carbonyl (C=O) groups is 1. The lowest BCUT2D eigenvalue weighted by molar-refractivity contribution is -0.143. The molecule has 1 N–H and O–H groups in total. The SMILES string of the molecule is CCNCC(=O)OCc1cccs1. The first-order valence-electron chi connectivity index (χ1n) is 4.21. The van der Waals surface area contributed by atoms with E-state index in [0.717, 1.165) is 11.4 Å². The molecule has 3 nitrogen and oxygen atoms in total. The Morgan fingerprint density at radius 1 is 1.69 bits per heavy atom. The topological polar surface area (TPSA) is 38.3 Å². The maximum absolute atomic E-state index is 11.0. The van der Waals surface area contributed by atoms with Crippen LogP contribution in [-0.2, 0) is 16.1 Å². The maximum atomic E-state index is 11.0. The number of hydrogen-bond acceptors (Lipinski definition) is 4. The van der Waals surface area contributed by atoms with Crippen LogP contribution in [0.5, 0.6) is 0 Å². The Bertz CT molecular complexity index is 246. The summed E-state index contributed by atoms with van der Waals surface area (Å²) in [4.78, 5) is 12.1. The van der Waals surface area contributed by atoms with Gasteiger partial charge < -0.3 is 10.1 Å². The highest BCUT2D eigenvalue weighted by molar-refractivity contribution is 7.09. The molecule has 0 aromatic carbocycles. The van der Waals surface area contributed by atoms with Crippen LogP contribution in [0.4, 0.5) is 0 Å². The van der Waals surface area contributed by atoms with Crippen molar-refractivity contribution in [2.45, 2.75) is 13.5 Å². The smallest absolute Gasteiger partial charge is 0.320 e. The minimum atomic E-state index is -0.199. The van der Waals surface area contributed by atoms with Crippen LogP contribution in [0, 0.1) is 0 Å². The minimum absolute atomic E-state index is 0.199. The number of ether oxygens (including phenoxy) is 1. The fourth-order valence-corrected chi connectivity index (χ4v) is 1.44. The van der Waals surface area contributed by atoms with Crippen LogP contribution < -0.4 is 5.32 Å². The van der Waals surface area contributed by atoms with Gasteiger partial charge in [-0.25, -0.2) is 0 Å². The molecule has 0 bridgehead atoms. The summed E-state index contributed by atoms with van der Waals surface area (Å²) in [7, 11) is 0. The normalized spacial score (nSPS) is 9.92. The summed E-state index contributed by atoms with van der Waals surface area (Å²) in [5, 5.41) is 4.87. The monoisotopic (exact) mass is 199 g/mol. The molecule has 1 heterocycles. The van der Waals surface area contributed by atoms with Crippen LogP contribution >= 0.6 is 11.3 Å². The zero-order valence-electron chi connectivity index (χ0n) is 7.58. The van der Waals surface area contributed by atoms with Crippen molar-refractivity contribution in [1.82, 2.24) is 5.32 Å². The molecular weight excluding hydrogens is 186 g/mol. The molecule has 0 unspecified atom stereocenters. The fraction of sp³-hybridized carbons (Fsp3) is 0.444. The molecule has 72 valence electrons. The number of esters is 1. The number of likely N-dealkylation sites (N-methyl/N-ethyl adjacent to an activating group) is 1. The van der Waals surface area contributed by atoms with Gasteiger partial charge in [0.15, 0.2) is 0 Å². The summed E-state index contributed by atoms with van der Waals surface area (Å²) in [5.74, 6) is -0.199. The molecule has 0 radical (unpaired) electrons. The van der Waals surface area contributed by atoms with E-state index in [1.54, 1.807) is 11.3 Å². The molecule has 13 heavy (non-hydrogen) atoms. The second-order valence-corrected chi connectivity index (χ2v) is 3.55. The molecule has 0 aliphatic carbocycles. The summed E-state index contributed by atoms with van der Waals surface area (Å²) < 4.78 is 5.00. The Morgan fingerprint density at radius 2 is 2.54 bits per heavy atom. The molecule has 0 saturated heterocycles.